The maximum Gasteiger partial charge on any atom is 0.0283 e. The summed E-state index contributed by atoms with van der Waals surface area (Å²) in [5.41, 5.74) is 1.46. The van der Waals surface area contributed by atoms with Gasteiger partial charge in [-0.05, 0) is 57.4 Å². The minimum absolute atomic E-state index is 0.648. The molecule has 0 radical (unpaired) electrons. The number of allylic oxidation sites excluding steroid dienone is 1. The lowest BCUT2D eigenvalue weighted by Crippen LogP contribution is -2.37. The molecule has 0 aromatic carbocycles. The second kappa shape index (κ2) is 4.69. The highest BCUT2D eigenvalue weighted by atomic mass is 14.9. The van der Waals surface area contributed by atoms with Crippen molar-refractivity contribution in [2.45, 2.75) is 52.5 Å². The molecule has 15 heavy (non-hydrogen) atoms. The first-order valence-electron chi connectivity index (χ1n) is 6.59. The van der Waals surface area contributed by atoms with Crippen LogP contribution in [0.2, 0.25) is 0 Å². The maximum atomic E-state index is 3.66. The Labute approximate surface area is 94.3 Å². The zero-order valence-electron chi connectivity index (χ0n) is 10.4. The monoisotopic (exact) mass is 207 g/mol. The summed E-state index contributed by atoms with van der Waals surface area (Å²) < 4.78 is 0. The van der Waals surface area contributed by atoms with Gasteiger partial charge in [-0.25, -0.2) is 0 Å². The summed E-state index contributed by atoms with van der Waals surface area (Å²) in [4.78, 5) is 0. The SMILES string of the molecule is CCNC(C=C(C)C)C1CC2CCC1C2. The highest BCUT2D eigenvalue weighted by molar-refractivity contribution is 5.07. The van der Waals surface area contributed by atoms with E-state index in [0.717, 1.165) is 24.3 Å². The molecule has 86 valence electrons. The van der Waals surface area contributed by atoms with Gasteiger partial charge in [0.15, 0.2) is 0 Å². The van der Waals surface area contributed by atoms with Crippen molar-refractivity contribution in [3.8, 4) is 0 Å². The molecule has 1 nitrogen and oxygen atoms in total. The predicted octanol–water partition coefficient (Wildman–Crippen LogP) is 3.37. The van der Waals surface area contributed by atoms with Crippen LogP contribution in [0.5, 0.6) is 0 Å². The average Bonchev–Trinajstić information content (AvgIpc) is 2.77. The Morgan fingerprint density at radius 3 is 2.60 bits per heavy atom. The average molecular weight is 207 g/mol. The Morgan fingerprint density at radius 2 is 2.13 bits per heavy atom. The zero-order chi connectivity index (χ0) is 10.8. The van der Waals surface area contributed by atoms with E-state index in [0.29, 0.717) is 6.04 Å². The lowest BCUT2D eigenvalue weighted by atomic mass is 9.82. The van der Waals surface area contributed by atoms with E-state index < -0.39 is 0 Å². The Hall–Kier alpha value is -0.300. The van der Waals surface area contributed by atoms with Gasteiger partial charge < -0.3 is 5.32 Å². The zero-order valence-corrected chi connectivity index (χ0v) is 10.4. The van der Waals surface area contributed by atoms with E-state index in [-0.39, 0.29) is 0 Å². The smallest absolute Gasteiger partial charge is 0.0283 e. The summed E-state index contributed by atoms with van der Waals surface area (Å²) in [6, 6.07) is 0.648. The summed E-state index contributed by atoms with van der Waals surface area (Å²) in [6.07, 6.45) is 8.45. The van der Waals surface area contributed by atoms with E-state index in [4.69, 9.17) is 0 Å². The Bertz CT molecular complexity index is 240. The molecule has 4 atom stereocenters. The van der Waals surface area contributed by atoms with E-state index in [9.17, 15) is 0 Å². The number of hydrogen-bond donors (Lipinski definition) is 1. The molecule has 2 fully saturated rings. The van der Waals surface area contributed by atoms with Gasteiger partial charge in [-0.1, -0.05) is 25.0 Å². The molecule has 0 aromatic rings. The van der Waals surface area contributed by atoms with Crippen LogP contribution in [-0.2, 0) is 0 Å². The quantitative estimate of drug-likeness (QED) is 0.697. The van der Waals surface area contributed by atoms with Crippen molar-refractivity contribution in [1.29, 1.82) is 0 Å². The number of nitrogens with one attached hydrogen (secondary N) is 1. The number of hydrogen-bond acceptors (Lipinski definition) is 1. The lowest BCUT2D eigenvalue weighted by molar-refractivity contribution is 0.280. The van der Waals surface area contributed by atoms with Crippen LogP contribution in [0, 0.1) is 17.8 Å². The van der Waals surface area contributed by atoms with Crippen molar-refractivity contribution in [3.05, 3.63) is 11.6 Å². The summed E-state index contributed by atoms with van der Waals surface area (Å²) in [5.74, 6) is 3.01. The Kier molecular flexibility index (Phi) is 3.50. The van der Waals surface area contributed by atoms with Crippen LogP contribution < -0.4 is 5.32 Å². The van der Waals surface area contributed by atoms with E-state index in [1.54, 1.807) is 0 Å². The Morgan fingerprint density at radius 1 is 1.33 bits per heavy atom. The van der Waals surface area contributed by atoms with Gasteiger partial charge in [0.1, 0.15) is 0 Å². The first-order valence-corrected chi connectivity index (χ1v) is 6.59. The fraction of sp³-hybridized carbons (Fsp3) is 0.857. The molecule has 0 aromatic heterocycles. The minimum atomic E-state index is 0.648. The molecule has 0 saturated heterocycles. The third kappa shape index (κ3) is 2.44. The molecule has 0 amide bonds. The standard InChI is InChI=1S/C14H25N/c1-4-15-14(7-10(2)3)13-9-11-5-6-12(13)8-11/h7,11-15H,4-6,8-9H2,1-3H3. The van der Waals surface area contributed by atoms with Crippen molar-refractivity contribution in [2.24, 2.45) is 17.8 Å². The van der Waals surface area contributed by atoms with Crippen LogP contribution in [0.3, 0.4) is 0 Å². The molecule has 1 heteroatoms. The van der Waals surface area contributed by atoms with Crippen LogP contribution in [-0.4, -0.2) is 12.6 Å². The molecule has 0 heterocycles. The first kappa shape index (κ1) is 11.2. The number of fused-ring (bicyclic) bond motifs is 2. The van der Waals surface area contributed by atoms with Crippen LogP contribution in [0.15, 0.2) is 11.6 Å². The second-order valence-corrected chi connectivity index (χ2v) is 5.67. The van der Waals surface area contributed by atoms with Gasteiger partial charge >= 0.3 is 0 Å². The van der Waals surface area contributed by atoms with Crippen LogP contribution in [0.25, 0.3) is 0 Å². The van der Waals surface area contributed by atoms with Crippen molar-refractivity contribution >= 4 is 0 Å². The molecule has 4 unspecified atom stereocenters. The molecular weight excluding hydrogens is 182 g/mol. The van der Waals surface area contributed by atoms with Crippen LogP contribution in [0.1, 0.15) is 46.5 Å². The van der Waals surface area contributed by atoms with Gasteiger partial charge in [-0.15, -0.1) is 0 Å². The lowest BCUT2D eigenvalue weighted by Gasteiger charge is -2.29. The molecule has 2 aliphatic rings. The molecule has 0 aliphatic heterocycles. The van der Waals surface area contributed by atoms with Crippen molar-refractivity contribution in [1.82, 2.24) is 5.32 Å². The third-order valence-electron chi connectivity index (χ3n) is 4.21. The molecule has 2 saturated carbocycles. The van der Waals surface area contributed by atoms with E-state index in [1.807, 2.05) is 0 Å². The van der Waals surface area contributed by atoms with Crippen molar-refractivity contribution < 1.29 is 0 Å². The third-order valence-corrected chi connectivity index (χ3v) is 4.21. The summed E-state index contributed by atoms with van der Waals surface area (Å²) in [7, 11) is 0. The molecule has 2 rings (SSSR count). The largest absolute Gasteiger partial charge is 0.311 e. The van der Waals surface area contributed by atoms with Gasteiger partial charge in [0.25, 0.3) is 0 Å². The number of likely N-dealkylation sites (N-methyl/N-ethyl adjacent to an activating group) is 1. The van der Waals surface area contributed by atoms with Gasteiger partial charge in [0.05, 0.1) is 0 Å². The van der Waals surface area contributed by atoms with Crippen molar-refractivity contribution in [2.75, 3.05) is 6.54 Å². The van der Waals surface area contributed by atoms with Crippen LogP contribution in [0.4, 0.5) is 0 Å². The normalized spacial score (nSPS) is 35.5. The Balaban J connectivity index is 2.02. The van der Waals surface area contributed by atoms with Crippen LogP contribution >= 0.6 is 0 Å². The van der Waals surface area contributed by atoms with Gasteiger partial charge in [0.2, 0.25) is 0 Å². The van der Waals surface area contributed by atoms with E-state index in [1.165, 1.54) is 31.3 Å². The predicted molar refractivity (Wildman–Crippen MR) is 65.8 cm³/mol. The summed E-state index contributed by atoms with van der Waals surface area (Å²) in [6.45, 7) is 7.76. The van der Waals surface area contributed by atoms with Gasteiger partial charge in [0, 0.05) is 6.04 Å². The van der Waals surface area contributed by atoms with E-state index >= 15 is 0 Å². The summed E-state index contributed by atoms with van der Waals surface area (Å²) >= 11 is 0. The number of rotatable bonds is 4. The highest BCUT2D eigenvalue weighted by Gasteiger charge is 2.42. The second-order valence-electron chi connectivity index (χ2n) is 5.67. The van der Waals surface area contributed by atoms with Gasteiger partial charge in [-0.3, -0.25) is 0 Å². The van der Waals surface area contributed by atoms with E-state index in [2.05, 4.69) is 32.2 Å². The fourth-order valence-electron chi connectivity index (χ4n) is 3.66. The van der Waals surface area contributed by atoms with Crippen molar-refractivity contribution in [3.63, 3.8) is 0 Å². The minimum Gasteiger partial charge on any atom is -0.311 e. The summed E-state index contributed by atoms with van der Waals surface area (Å²) in [5, 5.41) is 3.66. The van der Waals surface area contributed by atoms with Gasteiger partial charge in [-0.2, -0.15) is 0 Å². The first-order chi connectivity index (χ1) is 7.20. The topological polar surface area (TPSA) is 12.0 Å². The molecule has 2 aliphatic carbocycles. The highest BCUT2D eigenvalue weighted by Crippen LogP contribution is 2.49. The molecule has 2 bridgehead atoms. The fourth-order valence-corrected chi connectivity index (χ4v) is 3.66. The molecule has 1 N–H and O–H groups in total. The molecule has 0 spiro atoms. The maximum absolute atomic E-state index is 3.66. The molecular formula is C14H25N.